The lowest BCUT2D eigenvalue weighted by atomic mass is 10.1. The molecule has 2 rings (SSSR count). The quantitative estimate of drug-likeness (QED) is 0.397. The van der Waals surface area contributed by atoms with E-state index in [0.717, 1.165) is 36.7 Å². The fourth-order valence-electron chi connectivity index (χ4n) is 2.77. The van der Waals surface area contributed by atoms with Crippen molar-refractivity contribution in [2.45, 2.75) is 32.8 Å². The van der Waals surface area contributed by atoms with Crippen LogP contribution in [0.2, 0.25) is 0 Å². The number of hydrogen-bond acceptors (Lipinski definition) is 3. The third-order valence-corrected chi connectivity index (χ3v) is 4.18. The second-order valence-corrected chi connectivity index (χ2v) is 6.53. The Hall–Kier alpha value is -2.86. The highest BCUT2D eigenvalue weighted by atomic mass is 16.3. The SMILES string of the molecule is CCNC(=NCCC(O)c1ccccc1)NCCc1ccc(NC(C)=O)cc1. The van der Waals surface area contributed by atoms with Gasteiger partial charge in [-0.2, -0.15) is 0 Å². The summed E-state index contributed by atoms with van der Waals surface area (Å²) in [5.74, 6) is 0.677. The average molecular weight is 383 g/mol. The predicted octanol–water partition coefficient (Wildman–Crippen LogP) is 2.87. The van der Waals surface area contributed by atoms with Gasteiger partial charge in [0.1, 0.15) is 0 Å². The van der Waals surface area contributed by atoms with Crippen molar-refractivity contribution in [1.82, 2.24) is 10.6 Å². The number of carbonyl (C=O) groups is 1. The fraction of sp³-hybridized carbons (Fsp3) is 0.364. The zero-order chi connectivity index (χ0) is 20.2. The van der Waals surface area contributed by atoms with Crippen molar-refractivity contribution in [3.8, 4) is 0 Å². The Balaban J connectivity index is 1.78. The molecule has 0 aromatic heterocycles. The first-order chi connectivity index (χ1) is 13.6. The summed E-state index contributed by atoms with van der Waals surface area (Å²) in [7, 11) is 0. The number of aliphatic hydroxyl groups excluding tert-OH is 1. The first-order valence-corrected chi connectivity index (χ1v) is 9.70. The number of carbonyl (C=O) groups excluding carboxylic acids is 1. The molecule has 0 heterocycles. The zero-order valence-electron chi connectivity index (χ0n) is 16.6. The van der Waals surface area contributed by atoms with E-state index in [-0.39, 0.29) is 5.91 Å². The number of nitrogens with one attached hydrogen (secondary N) is 3. The third kappa shape index (κ3) is 7.80. The summed E-state index contributed by atoms with van der Waals surface area (Å²) in [6.45, 7) is 5.58. The van der Waals surface area contributed by atoms with Crippen LogP contribution in [-0.4, -0.2) is 36.6 Å². The van der Waals surface area contributed by atoms with Gasteiger partial charge in [-0.15, -0.1) is 0 Å². The van der Waals surface area contributed by atoms with Crippen LogP contribution >= 0.6 is 0 Å². The standard InChI is InChI=1S/C22H30N4O2/c1-3-23-22(25-16-14-21(28)19-7-5-4-6-8-19)24-15-13-18-9-11-20(12-10-18)26-17(2)27/h4-12,21,28H,3,13-16H2,1-2H3,(H,26,27)(H2,23,24,25). The smallest absolute Gasteiger partial charge is 0.221 e. The van der Waals surface area contributed by atoms with Crippen molar-refractivity contribution in [3.63, 3.8) is 0 Å². The number of amides is 1. The molecule has 0 saturated heterocycles. The van der Waals surface area contributed by atoms with E-state index in [4.69, 9.17) is 0 Å². The summed E-state index contributed by atoms with van der Waals surface area (Å²) in [4.78, 5) is 15.6. The predicted molar refractivity (Wildman–Crippen MR) is 114 cm³/mol. The molecule has 0 bridgehead atoms. The number of hydrogen-bond donors (Lipinski definition) is 4. The Morgan fingerprint density at radius 3 is 2.43 bits per heavy atom. The van der Waals surface area contributed by atoms with Gasteiger partial charge in [-0.25, -0.2) is 0 Å². The Morgan fingerprint density at radius 2 is 1.79 bits per heavy atom. The molecule has 0 saturated carbocycles. The molecular weight excluding hydrogens is 352 g/mol. The molecule has 0 spiro atoms. The molecule has 150 valence electrons. The van der Waals surface area contributed by atoms with Gasteiger partial charge < -0.3 is 21.1 Å². The number of nitrogens with zero attached hydrogens (tertiary/aromatic N) is 1. The van der Waals surface area contributed by atoms with Gasteiger partial charge in [-0.3, -0.25) is 9.79 Å². The second kappa shape index (κ2) is 11.8. The average Bonchev–Trinajstić information content (AvgIpc) is 2.69. The van der Waals surface area contributed by atoms with E-state index < -0.39 is 6.10 Å². The van der Waals surface area contributed by atoms with Crippen molar-refractivity contribution in [2.75, 3.05) is 25.0 Å². The second-order valence-electron chi connectivity index (χ2n) is 6.53. The summed E-state index contributed by atoms with van der Waals surface area (Å²) in [5, 5.41) is 19.5. The minimum absolute atomic E-state index is 0.0710. The van der Waals surface area contributed by atoms with Crippen LogP contribution in [0, 0.1) is 0 Å². The molecule has 0 fully saturated rings. The molecule has 2 aromatic carbocycles. The Kier molecular flexibility index (Phi) is 9.01. The molecule has 2 aromatic rings. The van der Waals surface area contributed by atoms with Crippen LogP contribution in [0.25, 0.3) is 0 Å². The lowest BCUT2D eigenvalue weighted by Gasteiger charge is -2.13. The molecule has 0 aliphatic rings. The van der Waals surface area contributed by atoms with Gasteiger partial charge in [0.2, 0.25) is 5.91 Å². The van der Waals surface area contributed by atoms with Crippen molar-refractivity contribution in [1.29, 1.82) is 0 Å². The Labute approximate surface area is 167 Å². The molecule has 0 aliphatic heterocycles. The molecule has 0 aliphatic carbocycles. The van der Waals surface area contributed by atoms with E-state index in [1.807, 2.05) is 61.5 Å². The molecule has 6 heteroatoms. The lowest BCUT2D eigenvalue weighted by molar-refractivity contribution is -0.114. The highest BCUT2D eigenvalue weighted by Gasteiger charge is 2.06. The fourth-order valence-corrected chi connectivity index (χ4v) is 2.77. The topological polar surface area (TPSA) is 85.8 Å². The van der Waals surface area contributed by atoms with Crippen LogP contribution in [0.3, 0.4) is 0 Å². The van der Waals surface area contributed by atoms with Crippen molar-refractivity contribution in [3.05, 3.63) is 65.7 Å². The third-order valence-electron chi connectivity index (χ3n) is 4.18. The molecule has 1 atom stereocenters. The van der Waals surface area contributed by atoms with Gasteiger partial charge in [-0.1, -0.05) is 42.5 Å². The van der Waals surface area contributed by atoms with E-state index in [1.54, 1.807) is 0 Å². The van der Waals surface area contributed by atoms with Crippen molar-refractivity contribution < 1.29 is 9.90 Å². The maximum atomic E-state index is 11.1. The van der Waals surface area contributed by atoms with E-state index >= 15 is 0 Å². The van der Waals surface area contributed by atoms with Crippen LogP contribution in [0.5, 0.6) is 0 Å². The maximum absolute atomic E-state index is 11.1. The van der Waals surface area contributed by atoms with Crippen LogP contribution in [0.15, 0.2) is 59.6 Å². The first-order valence-electron chi connectivity index (χ1n) is 9.70. The largest absolute Gasteiger partial charge is 0.388 e. The lowest BCUT2D eigenvalue weighted by Crippen LogP contribution is -2.38. The minimum atomic E-state index is -0.505. The number of aliphatic hydroxyl groups is 1. The van der Waals surface area contributed by atoms with Gasteiger partial charge in [0.25, 0.3) is 0 Å². The highest BCUT2D eigenvalue weighted by molar-refractivity contribution is 5.88. The number of aliphatic imine (C=N–C) groups is 1. The maximum Gasteiger partial charge on any atom is 0.221 e. The number of benzene rings is 2. The van der Waals surface area contributed by atoms with Crippen molar-refractivity contribution >= 4 is 17.6 Å². The normalized spacial score (nSPS) is 12.3. The first kappa shape index (κ1) is 21.4. The highest BCUT2D eigenvalue weighted by Crippen LogP contribution is 2.15. The van der Waals surface area contributed by atoms with Gasteiger partial charge in [0, 0.05) is 32.2 Å². The minimum Gasteiger partial charge on any atom is -0.388 e. The van der Waals surface area contributed by atoms with Gasteiger partial charge in [0.05, 0.1) is 6.10 Å². The van der Waals surface area contributed by atoms with Crippen LogP contribution in [0.1, 0.15) is 37.5 Å². The molecular formula is C22H30N4O2. The molecule has 4 N–H and O–H groups in total. The Morgan fingerprint density at radius 1 is 1.07 bits per heavy atom. The summed E-state index contributed by atoms with van der Waals surface area (Å²) in [6.07, 6.45) is 0.915. The van der Waals surface area contributed by atoms with Crippen LogP contribution in [-0.2, 0) is 11.2 Å². The van der Waals surface area contributed by atoms with Crippen LogP contribution < -0.4 is 16.0 Å². The zero-order valence-corrected chi connectivity index (χ0v) is 16.6. The van der Waals surface area contributed by atoms with E-state index in [0.29, 0.717) is 13.0 Å². The van der Waals surface area contributed by atoms with Crippen molar-refractivity contribution in [2.24, 2.45) is 4.99 Å². The molecule has 1 unspecified atom stereocenters. The van der Waals surface area contributed by atoms with Gasteiger partial charge >= 0.3 is 0 Å². The molecule has 0 radical (unpaired) electrons. The summed E-state index contributed by atoms with van der Waals surface area (Å²) in [6, 6.07) is 17.5. The Bertz CT molecular complexity index is 745. The van der Waals surface area contributed by atoms with E-state index in [2.05, 4.69) is 20.9 Å². The molecule has 1 amide bonds. The van der Waals surface area contributed by atoms with Gasteiger partial charge in [0.15, 0.2) is 5.96 Å². The molecule has 6 nitrogen and oxygen atoms in total. The monoisotopic (exact) mass is 382 g/mol. The summed E-state index contributed by atoms with van der Waals surface area (Å²) < 4.78 is 0. The van der Waals surface area contributed by atoms with Crippen LogP contribution in [0.4, 0.5) is 5.69 Å². The van der Waals surface area contributed by atoms with Gasteiger partial charge in [-0.05, 0) is 43.0 Å². The number of guanidine groups is 1. The van der Waals surface area contributed by atoms with E-state index in [1.165, 1.54) is 12.5 Å². The summed E-state index contributed by atoms with van der Waals surface area (Å²) >= 11 is 0. The number of anilines is 1. The molecule has 28 heavy (non-hydrogen) atoms. The summed E-state index contributed by atoms with van der Waals surface area (Å²) in [5.41, 5.74) is 2.89. The van der Waals surface area contributed by atoms with E-state index in [9.17, 15) is 9.90 Å². The number of rotatable bonds is 9.